The van der Waals surface area contributed by atoms with E-state index in [1.807, 2.05) is 62.5 Å². The first-order chi connectivity index (χ1) is 19.6. The Labute approximate surface area is 244 Å². The molecule has 2 aliphatic heterocycles. The molecule has 2 N–H and O–H groups in total. The Morgan fingerprint density at radius 3 is 2.44 bits per heavy atom. The van der Waals surface area contributed by atoms with Crippen molar-refractivity contribution in [2.45, 2.75) is 71.1 Å². The summed E-state index contributed by atoms with van der Waals surface area (Å²) in [7, 11) is 0. The number of β-amino-alcohol motifs (C(OH)–C–C–N with tert-alkyl or cyclic N) is 1. The molecule has 7 nitrogen and oxygen atoms in total. The van der Waals surface area contributed by atoms with Crippen LogP contribution < -0.4 is 5.32 Å². The van der Waals surface area contributed by atoms with Gasteiger partial charge in [-0.15, -0.1) is 11.3 Å². The number of nitrogens with zero attached hydrogens (tertiary/aromatic N) is 2. The van der Waals surface area contributed by atoms with E-state index in [1.54, 1.807) is 23.5 Å². The predicted molar refractivity (Wildman–Crippen MR) is 157 cm³/mol. The highest BCUT2D eigenvalue weighted by molar-refractivity contribution is 7.13. The van der Waals surface area contributed by atoms with E-state index in [0.717, 1.165) is 21.6 Å². The van der Waals surface area contributed by atoms with Crippen molar-refractivity contribution in [3.05, 3.63) is 82.2 Å². The fraction of sp³-hybridized carbons (Fsp3) is 0.406. The molecule has 5 rings (SSSR count). The lowest BCUT2D eigenvalue weighted by atomic mass is 9.99. The molecular formula is C32H36FN3O4S. The number of aliphatic hydroxyl groups excluding tert-OH is 1. The van der Waals surface area contributed by atoms with Crippen LogP contribution in [0.1, 0.15) is 60.3 Å². The first-order valence-corrected chi connectivity index (χ1v) is 15.0. The molecule has 41 heavy (non-hydrogen) atoms. The molecule has 1 saturated heterocycles. The molecule has 9 heteroatoms. The Morgan fingerprint density at radius 1 is 1.12 bits per heavy atom. The molecule has 0 bridgehead atoms. The van der Waals surface area contributed by atoms with E-state index in [-0.39, 0.29) is 24.9 Å². The van der Waals surface area contributed by atoms with Gasteiger partial charge in [0.05, 0.1) is 12.6 Å². The summed E-state index contributed by atoms with van der Waals surface area (Å²) < 4.78 is 15.4. The van der Waals surface area contributed by atoms with Gasteiger partial charge in [-0.1, -0.05) is 63.2 Å². The van der Waals surface area contributed by atoms with E-state index in [1.165, 1.54) is 15.3 Å². The van der Waals surface area contributed by atoms with Gasteiger partial charge in [0.25, 0.3) is 5.91 Å². The Hall–Kier alpha value is -3.56. The van der Waals surface area contributed by atoms with Crippen LogP contribution in [0.15, 0.2) is 60.0 Å². The molecule has 3 heterocycles. The van der Waals surface area contributed by atoms with Gasteiger partial charge in [-0.25, -0.2) is 4.39 Å². The summed E-state index contributed by atoms with van der Waals surface area (Å²) in [6.07, 6.45) is -2.89. The molecule has 0 saturated carbocycles. The Kier molecular flexibility index (Phi) is 8.29. The number of amides is 3. The van der Waals surface area contributed by atoms with Crippen molar-refractivity contribution in [1.29, 1.82) is 0 Å². The van der Waals surface area contributed by atoms with Gasteiger partial charge >= 0.3 is 0 Å². The molecule has 1 unspecified atom stereocenters. The molecule has 1 fully saturated rings. The second-order valence-corrected chi connectivity index (χ2v) is 12.2. The topological polar surface area (TPSA) is 89.9 Å². The Balaban J connectivity index is 1.35. The van der Waals surface area contributed by atoms with Crippen LogP contribution >= 0.6 is 11.3 Å². The minimum Gasteiger partial charge on any atom is -0.388 e. The molecule has 1 aromatic heterocycles. The number of carbonyl (C=O) groups excluding carboxylic acids is 3. The van der Waals surface area contributed by atoms with Crippen molar-refractivity contribution in [2.24, 2.45) is 5.92 Å². The van der Waals surface area contributed by atoms with Gasteiger partial charge in [0.15, 0.2) is 6.17 Å². The van der Waals surface area contributed by atoms with E-state index >= 15 is 4.39 Å². The van der Waals surface area contributed by atoms with Crippen LogP contribution in [-0.4, -0.2) is 63.5 Å². The van der Waals surface area contributed by atoms with Crippen molar-refractivity contribution in [1.82, 2.24) is 15.1 Å². The molecule has 5 atom stereocenters. The standard InChI is InChI=1S/C32H36FN3O4S/c1-5-24(20-10-12-21(13-11-20)29-19(4)14-15-41-29)34-30(38)28-26(33)25(37)17-36(28)32(40)27(18(2)3)35-16-22-8-6-7-9-23(22)31(35)39/h6-15,18,24-28,37H,5,16-17H2,1-4H3,(H,34,38)/t24-,25-,26-,27-,28?/m0/s1. The molecule has 0 aliphatic carbocycles. The van der Waals surface area contributed by atoms with E-state index in [2.05, 4.69) is 18.3 Å². The van der Waals surface area contributed by atoms with Crippen LogP contribution in [-0.2, 0) is 16.1 Å². The zero-order chi connectivity index (χ0) is 29.4. The average Bonchev–Trinajstić information content (AvgIpc) is 3.62. The van der Waals surface area contributed by atoms with Crippen LogP contribution in [0.3, 0.4) is 0 Å². The van der Waals surface area contributed by atoms with E-state index in [4.69, 9.17) is 0 Å². The summed E-state index contributed by atoms with van der Waals surface area (Å²) in [5.41, 5.74) is 4.50. The van der Waals surface area contributed by atoms with Gasteiger partial charge in [-0.2, -0.15) is 0 Å². The molecular weight excluding hydrogens is 541 g/mol. The lowest BCUT2D eigenvalue weighted by Gasteiger charge is -2.35. The van der Waals surface area contributed by atoms with E-state index in [9.17, 15) is 19.5 Å². The predicted octanol–water partition coefficient (Wildman–Crippen LogP) is 4.88. The third kappa shape index (κ3) is 5.40. The number of fused-ring (bicyclic) bond motifs is 1. The van der Waals surface area contributed by atoms with E-state index in [0.29, 0.717) is 12.0 Å². The number of hydrogen-bond donors (Lipinski definition) is 2. The Morgan fingerprint density at radius 2 is 1.83 bits per heavy atom. The van der Waals surface area contributed by atoms with Gasteiger partial charge < -0.3 is 20.2 Å². The van der Waals surface area contributed by atoms with Crippen molar-refractivity contribution < 1.29 is 23.9 Å². The SMILES string of the molecule is CC[C@H](NC(=O)C1[C@@H](F)[C@@H](O)CN1C(=O)[C@H](C(C)C)N1Cc2ccccc2C1=O)c1ccc(-c2sccc2C)cc1. The summed E-state index contributed by atoms with van der Waals surface area (Å²) in [6, 6.07) is 14.4. The van der Waals surface area contributed by atoms with Crippen molar-refractivity contribution in [2.75, 3.05) is 6.54 Å². The normalized spacial score (nSPS) is 21.7. The summed E-state index contributed by atoms with van der Waals surface area (Å²) >= 11 is 1.67. The van der Waals surface area contributed by atoms with Gasteiger partial charge in [0, 0.05) is 17.0 Å². The molecule has 2 aliphatic rings. The lowest BCUT2D eigenvalue weighted by molar-refractivity contribution is -0.144. The maximum atomic E-state index is 15.4. The van der Waals surface area contributed by atoms with Crippen molar-refractivity contribution in [3.63, 3.8) is 0 Å². The van der Waals surface area contributed by atoms with Crippen LogP contribution in [0, 0.1) is 12.8 Å². The smallest absolute Gasteiger partial charge is 0.255 e. The van der Waals surface area contributed by atoms with Crippen molar-refractivity contribution >= 4 is 29.1 Å². The van der Waals surface area contributed by atoms with Gasteiger partial charge in [0.2, 0.25) is 11.8 Å². The minimum absolute atomic E-state index is 0.259. The number of thiophene rings is 1. The first kappa shape index (κ1) is 29.0. The second kappa shape index (κ2) is 11.7. The number of carbonyl (C=O) groups is 3. The number of likely N-dealkylation sites (tertiary alicyclic amines) is 1. The number of benzene rings is 2. The summed E-state index contributed by atoms with van der Waals surface area (Å²) in [6.45, 7) is 7.57. The highest BCUT2D eigenvalue weighted by atomic mass is 32.1. The number of rotatable bonds is 8. The third-order valence-corrected chi connectivity index (χ3v) is 9.24. The molecule has 3 aromatic rings. The third-order valence-electron chi connectivity index (χ3n) is 8.17. The fourth-order valence-electron chi connectivity index (χ4n) is 5.97. The highest BCUT2D eigenvalue weighted by Gasteiger charge is 2.51. The maximum absolute atomic E-state index is 15.4. The first-order valence-electron chi connectivity index (χ1n) is 14.1. The number of halogens is 1. The maximum Gasteiger partial charge on any atom is 0.255 e. The molecule has 0 spiro atoms. The number of alkyl halides is 1. The monoisotopic (exact) mass is 577 g/mol. The molecule has 216 valence electrons. The quantitative estimate of drug-likeness (QED) is 0.399. The number of aliphatic hydroxyl groups is 1. The number of nitrogens with one attached hydrogen (secondary N) is 1. The zero-order valence-electron chi connectivity index (χ0n) is 23.7. The summed E-state index contributed by atoms with van der Waals surface area (Å²) in [5.74, 6) is -1.76. The minimum atomic E-state index is -1.94. The summed E-state index contributed by atoms with van der Waals surface area (Å²) in [4.78, 5) is 44.6. The van der Waals surface area contributed by atoms with E-state index < -0.39 is 42.2 Å². The van der Waals surface area contributed by atoms with Gasteiger partial charge in [-0.05, 0) is 59.0 Å². The molecule has 2 aromatic carbocycles. The highest BCUT2D eigenvalue weighted by Crippen LogP contribution is 2.33. The second-order valence-electron chi connectivity index (χ2n) is 11.3. The lowest BCUT2D eigenvalue weighted by Crippen LogP contribution is -2.57. The number of aryl methyl sites for hydroxylation is 1. The van der Waals surface area contributed by atoms with Crippen LogP contribution in [0.2, 0.25) is 0 Å². The Bertz CT molecular complexity index is 1440. The number of hydrogen-bond acceptors (Lipinski definition) is 5. The average molecular weight is 578 g/mol. The molecule has 3 amide bonds. The van der Waals surface area contributed by atoms with Crippen LogP contribution in [0.25, 0.3) is 10.4 Å². The van der Waals surface area contributed by atoms with Crippen molar-refractivity contribution in [3.8, 4) is 10.4 Å². The van der Waals surface area contributed by atoms with Gasteiger partial charge in [0.1, 0.15) is 18.2 Å². The van der Waals surface area contributed by atoms with Gasteiger partial charge in [-0.3, -0.25) is 14.4 Å². The van der Waals surface area contributed by atoms with Crippen LogP contribution in [0.5, 0.6) is 0 Å². The van der Waals surface area contributed by atoms with Crippen LogP contribution in [0.4, 0.5) is 4.39 Å². The summed E-state index contributed by atoms with van der Waals surface area (Å²) in [5, 5.41) is 15.4. The zero-order valence-corrected chi connectivity index (χ0v) is 24.5. The fourth-order valence-corrected chi connectivity index (χ4v) is 6.91. The molecule has 0 radical (unpaired) electrons. The largest absolute Gasteiger partial charge is 0.388 e.